The molecule has 0 bridgehead atoms. The Hall–Kier alpha value is -0.960. The molecule has 0 atom stereocenters. The Bertz CT molecular complexity index is 235. The van der Waals surface area contributed by atoms with E-state index in [9.17, 15) is 0 Å². The minimum Gasteiger partial charge on any atom is -0.337 e. The highest BCUT2D eigenvalue weighted by Crippen LogP contribution is 2.01. The third-order valence-corrected chi connectivity index (χ3v) is 1.21. The topological polar surface area (TPSA) is 24.9 Å². The van der Waals surface area contributed by atoms with E-state index in [0.717, 1.165) is 11.5 Å². The zero-order chi connectivity index (χ0) is 7.40. The molecule has 0 spiro atoms. The van der Waals surface area contributed by atoms with Crippen LogP contribution in [0.1, 0.15) is 5.69 Å². The van der Waals surface area contributed by atoms with E-state index in [-0.39, 0.29) is 0 Å². The molecule has 1 rings (SSSR count). The molecule has 3 heteroatoms. The number of pyridine rings is 1. The molecular weight excluding hydrogens is 144 g/mol. The standard InChI is InChI=1S/C7H8N2S/c1-6-3-2-4-7(9-6)8-5-10/h2-5H,1H3,(H,8,9,10). The predicted octanol–water partition coefficient (Wildman–Crippen LogP) is 1.76. The Morgan fingerprint density at radius 2 is 2.40 bits per heavy atom. The average molecular weight is 152 g/mol. The smallest absolute Gasteiger partial charge is 0.130 e. The molecule has 0 aliphatic rings. The van der Waals surface area contributed by atoms with E-state index >= 15 is 0 Å². The highest BCUT2D eigenvalue weighted by Gasteiger charge is 1.87. The van der Waals surface area contributed by atoms with Crippen LogP contribution < -0.4 is 5.32 Å². The number of hydrogen-bond acceptors (Lipinski definition) is 2. The lowest BCUT2D eigenvalue weighted by Crippen LogP contribution is -1.95. The summed E-state index contributed by atoms with van der Waals surface area (Å²) in [5.41, 5.74) is 2.43. The first-order valence-corrected chi connectivity index (χ1v) is 3.44. The van der Waals surface area contributed by atoms with Gasteiger partial charge in [0, 0.05) is 5.69 Å². The molecular formula is C7H8N2S. The number of aryl methyl sites for hydroxylation is 1. The Balaban J connectivity index is 2.84. The second kappa shape index (κ2) is 3.27. The van der Waals surface area contributed by atoms with Gasteiger partial charge in [-0.2, -0.15) is 0 Å². The maximum absolute atomic E-state index is 4.60. The Labute approximate surface area is 65.3 Å². The predicted molar refractivity (Wildman–Crippen MR) is 46.3 cm³/mol. The van der Waals surface area contributed by atoms with Gasteiger partial charge in [0.25, 0.3) is 0 Å². The van der Waals surface area contributed by atoms with Crippen molar-refractivity contribution in [2.24, 2.45) is 0 Å². The van der Waals surface area contributed by atoms with Gasteiger partial charge in [0.05, 0.1) is 5.49 Å². The molecule has 0 aliphatic carbocycles. The maximum Gasteiger partial charge on any atom is 0.130 e. The molecule has 1 N–H and O–H groups in total. The normalized spacial score (nSPS) is 8.90. The molecule has 0 amide bonds. The summed E-state index contributed by atoms with van der Waals surface area (Å²) in [6.07, 6.45) is 0. The minimum atomic E-state index is 0.801. The van der Waals surface area contributed by atoms with E-state index in [2.05, 4.69) is 22.5 Å². The van der Waals surface area contributed by atoms with Crippen molar-refractivity contribution in [3.8, 4) is 0 Å². The first-order valence-electron chi connectivity index (χ1n) is 2.97. The molecule has 1 aromatic heterocycles. The summed E-state index contributed by atoms with van der Waals surface area (Å²) in [6, 6.07) is 5.74. The summed E-state index contributed by atoms with van der Waals surface area (Å²) in [7, 11) is 0. The third kappa shape index (κ3) is 1.77. The van der Waals surface area contributed by atoms with Gasteiger partial charge in [-0.3, -0.25) is 0 Å². The quantitative estimate of drug-likeness (QED) is 0.654. The van der Waals surface area contributed by atoms with Gasteiger partial charge in [0.15, 0.2) is 0 Å². The fourth-order valence-electron chi connectivity index (χ4n) is 0.684. The van der Waals surface area contributed by atoms with Crippen molar-refractivity contribution in [2.75, 3.05) is 5.32 Å². The monoisotopic (exact) mass is 152 g/mol. The van der Waals surface area contributed by atoms with Crippen LogP contribution in [0.3, 0.4) is 0 Å². The number of rotatable bonds is 2. The molecule has 0 aliphatic heterocycles. The lowest BCUT2D eigenvalue weighted by atomic mass is 10.4. The van der Waals surface area contributed by atoms with Crippen molar-refractivity contribution in [3.63, 3.8) is 0 Å². The van der Waals surface area contributed by atoms with Gasteiger partial charge in [-0.1, -0.05) is 18.3 Å². The number of nitrogens with zero attached hydrogens (tertiary/aromatic N) is 1. The van der Waals surface area contributed by atoms with Crippen LogP contribution in [0.25, 0.3) is 0 Å². The fraction of sp³-hybridized carbons (Fsp3) is 0.143. The van der Waals surface area contributed by atoms with Gasteiger partial charge in [0.2, 0.25) is 0 Å². The van der Waals surface area contributed by atoms with E-state index in [1.165, 1.54) is 5.49 Å². The molecule has 0 aromatic carbocycles. The molecule has 0 fully saturated rings. The maximum atomic E-state index is 4.60. The van der Waals surface area contributed by atoms with E-state index in [1.54, 1.807) is 0 Å². The molecule has 1 aromatic rings. The second-order valence-electron chi connectivity index (χ2n) is 1.93. The molecule has 0 radical (unpaired) electrons. The number of nitrogens with one attached hydrogen (secondary N) is 1. The van der Waals surface area contributed by atoms with Crippen LogP contribution >= 0.6 is 12.2 Å². The van der Waals surface area contributed by atoms with Gasteiger partial charge in [-0.05, 0) is 19.1 Å². The van der Waals surface area contributed by atoms with Crippen LogP contribution in [0.2, 0.25) is 0 Å². The van der Waals surface area contributed by atoms with Crippen molar-refractivity contribution >= 4 is 23.5 Å². The number of hydrogen-bond donors (Lipinski definition) is 1. The van der Waals surface area contributed by atoms with Crippen molar-refractivity contribution in [2.45, 2.75) is 6.92 Å². The summed E-state index contributed by atoms with van der Waals surface area (Å²) in [5, 5.41) is 2.83. The highest BCUT2D eigenvalue weighted by molar-refractivity contribution is 7.79. The Morgan fingerprint density at radius 1 is 1.60 bits per heavy atom. The van der Waals surface area contributed by atoms with Crippen molar-refractivity contribution < 1.29 is 0 Å². The minimum absolute atomic E-state index is 0.801. The fourth-order valence-corrected chi connectivity index (χ4v) is 0.805. The molecule has 0 unspecified atom stereocenters. The molecule has 10 heavy (non-hydrogen) atoms. The lowest BCUT2D eigenvalue weighted by molar-refractivity contribution is 1.21. The van der Waals surface area contributed by atoms with Crippen molar-refractivity contribution in [1.29, 1.82) is 0 Å². The van der Waals surface area contributed by atoms with Crippen LogP contribution in [0, 0.1) is 6.92 Å². The lowest BCUT2D eigenvalue weighted by Gasteiger charge is -1.97. The van der Waals surface area contributed by atoms with Crippen molar-refractivity contribution in [1.82, 2.24) is 4.98 Å². The van der Waals surface area contributed by atoms with Gasteiger partial charge in [0.1, 0.15) is 5.82 Å². The third-order valence-electron chi connectivity index (χ3n) is 1.10. The van der Waals surface area contributed by atoms with Crippen molar-refractivity contribution in [3.05, 3.63) is 23.9 Å². The highest BCUT2D eigenvalue weighted by atomic mass is 32.1. The Kier molecular flexibility index (Phi) is 2.34. The van der Waals surface area contributed by atoms with Crippen LogP contribution in [0.5, 0.6) is 0 Å². The van der Waals surface area contributed by atoms with Gasteiger partial charge in [-0.15, -0.1) is 0 Å². The average Bonchev–Trinajstić information content (AvgIpc) is 1.88. The van der Waals surface area contributed by atoms with E-state index in [1.807, 2.05) is 25.1 Å². The van der Waals surface area contributed by atoms with E-state index in [0.29, 0.717) is 0 Å². The molecule has 1 heterocycles. The largest absolute Gasteiger partial charge is 0.337 e. The summed E-state index contributed by atoms with van der Waals surface area (Å²) in [5.74, 6) is 0.801. The van der Waals surface area contributed by atoms with Gasteiger partial charge >= 0.3 is 0 Å². The van der Waals surface area contributed by atoms with Gasteiger partial charge < -0.3 is 5.32 Å². The zero-order valence-electron chi connectivity index (χ0n) is 5.66. The van der Waals surface area contributed by atoms with E-state index < -0.39 is 0 Å². The zero-order valence-corrected chi connectivity index (χ0v) is 6.48. The van der Waals surface area contributed by atoms with Crippen LogP contribution in [-0.2, 0) is 0 Å². The first kappa shape index (κ1) is 7.15. The summed E-state index contributed by atoms with van der Waals surface area (Å²) in [4.78, 5) is 4.15. The van der Waals surface area contributed by atoms with Crippen LogP contribution in [0.15, 0.2) is 18.2 Å². The van der Waals surface area contributed by atoms with E-state index in [4.69, 9.17) is 0 Å². The number of thiocarbonyl (C=S) groups is 1. The SMILES string of the molecule is Cc1cccc(NC=S)n1. The Morgan fingerprint density at radius 3 is 3.00 bits per heavy atom. The van der Waals surface area contributed by atoms with Crippen LogP contribution in [-0.4, -0.2) is 10.5 Å². The summed E-state index contributed by atoms with van der Waals surface area (Å²) in [6.45, 7) is 1.94. The first-order chi connectivity index (χ1) is 4.83. The van der Waals surface area contributed by atoms with Gasteiger partial charge in [-0.25, -0.2) is 4.98 Å². The van der Waals surface area contributed by atoms with Crippen LogP contribution in [0.4, 0.5) is 5.82 Å². The number of aromatic nitrogens is 1. The molecule has 52 valence electrons. The number of anilines is 1. The summed E-state index contributed by atoms with van der Waals surface area (Å²) < 4.78 is 0. The second-order valence-corrected chi connectivity index (χ2v) is 2.16. The molecule has 0 saturated heterocycles. The molecule has 0 saturated carbocycles. The molecule has 2 nitrogen and oxygen atoms in total. The summed E-state index contributed by atoms with van der Waals surface area (Å²) >= 11 is 4.60.